The minimum Gasteiger partial charge on any atom is -0.507 e. The molecule has 0 unspecified atom stereocenters. The molecule has 3 nitrogen and oxygen atoms in total. The average Bonchev–Trinajstić information content (AvgIpc) is 2.76. The van der Waals surface area contributed by atoms with Crippen LogP contribution in [0.1, 0.15) is 42.4 Å². The van der Waals surface area contributed by atoms with Gasteiger partial charge in [0.15, 0.2) is 0 Å². The number of aromatic hydroxyl groups is 1. The van der Waals surface area contributed by atoms with E-state index in [9.17, 15) is 9.90 Å². The molecule has 1 aromatic carbocycles. The fourth-order valence-corrected chi connectivity index (χ4v) is 3.44. The van der Waals surface area contributed by atoms with Gasteiger partial charge < -0.3 is 5.11 Å². The first-order chi connectivity index (χ1) is 8.52. The van der Waals surface area contributed by atoms with Crippen LogP contribution in [0, 0.1) is 13.8 Å². The van der Waals surface area contributed by atoms with Crippen molar-refractivity contribution in [2.24, 2.45) is 4.99 Å². The summed E-state index contributed by atoms with van der Waals surface area (Å²) in [6.07, 6.45) is 5.26. The van der Waals surface area contributed by atoms with E-state index in [-0.39, 0.29) is 5.75 Å². The Bertz CT molecular complexity index is 527. The molecule has 1 aliphatic rings. The molecule has 2 rings (SSSR count). The van der Waals surface area contributed by atoms with Gasteiger partial charge in [0.1, 0.15) is 11.3 Å². The Hall–Kier alpha value is -1.31. The number of aliphatic imine (C=N–C) groups is 1. The predicted molar refractivity (Wildman–Crippen MR) is 70.9 cm³/mol. The molecule has 1 aromatic rings. The first kappa shape index (κ1) is 13.1. The van der Waals surface area contributed by atoms with Crippen molar-refractivity contribution >= 4 is 17.7 Å². The lowest BCUT2D eigenvalue weighted by molar-refractivity contribution is 0.437. The summed E-state index contributed by atoms with van der Waals surface area (Å²) in [5.74, 6) is 0.238. The summed E-state index contributed by atoms with van der Waals surface area (Å²) in [7, 11) is 0. The smallest absolute Gasteiger partial charge is 0.235 e. The van der Waals surface area contributed by atoms with Crippen LogP contribution in [0.2, 0.25) is 5.02 Å². The van der Waals surface area contributed by atoms with Crippen molar-refractivity contribution in [3.8, 4) is 5.75 Å². The van der Waals surface area contributed by atoms with Crippen LogP contribution in [-0.4, -0.2) is 11.2 Å². The molecule has 0 heterocycles. The molecule has 0 atom stereocenters. The van der Waals surface area contributed by atoms with Crippen molar-refractivity contribution in [3.05, 3.63) is 27.8 Å². The molecule has 0 saturated heterocycles. The van der Waals surface area contributed by atoms with Gasteiger partial charge in [-0.15, -0.1) is 0 Å². The zero-order valence-electron chi connectivity index (χ0n) is 10.6. The number of aryl methyl sites for hydroxylation is 1. The first-order valence-corrected chi connectivity index (χ1v) is 6.48. The van der Waals surface area contributed by atoms with Gasteiger partial charge in [-0.25, -0.2) is 4.79 Å². The maximum atomic E-state index is 10.7. The summed E-state index contributed by atoms with van der Waals surface area (Å²) in [6.45, 7) is 3.63. The van der Waals surface area contributed by atoms with Gasteiger partial charge in [0, 0.05) is 10.6 Å². The molecule has 1 N–H and O–H groups in total. The SMILES string of the molecule is Cc1cc(Cl)c(C2(N=C=O)CCCC2)c(C)c1O. The van der Waals surface area contributed by atoms with Crippen LogP contribution in [0.15, 0.2) is 11.1 Å². The van der Waals surface area contributed by atoms with Crippen LogP contribution < -0.4 is 0 Å². The van der Waals surface area contributed by atoms with E-state index in [1.165, 1.54) is 0 Å². The topological polar surface area (TPSA) is 49.7 Å². The molecule has 0 bridgehead atoms. The van der Waals surface area contributed by atoms with Gasteiger partial charge in [-0.2, -0.15) is 4.99 Å². The Morgan fingerprint density at radius 3 is 2.56 bits per heavy atom. The predicted octanol–water partition coefficient (Wildman–Crippen LogP) is 3.77. The molecule has 1 fully saturated rings. The third-order valence-corrected chi connectivity index (χ3v) is 4.14. The number of phenolic OH excluding ortho intramolecular Hbond substituents is 1. The number of carbonyl (C=O) groups excluding carboxylic acids is 1. The maximum Gasteiger partial charge on any atom is 0.235 e. The van der Waals surface area contributed by atoms with E-state index < -0.39 is 5.54 Å². The van der Waals surface area contributed by atoms with E-state index in [0.29, 0.717) is 5.02 Å². The van der Waals surface area contributed by atoms with Crippen molar-refractivity contribution in [1.29, 1.82) is 0 Å². The highest BCUT2D eigenvalue weighted by Crippen LogP contribution is 2.48. The molecule has 0 aromatic heterocycles. The Balaban J connectivity index is 2.69. The van der Waals surface area contributed by atoms with Gasteiger partial charge in [-0.05, 0) is 43.9 Å². The molecule has 1 saturated carbocycles. The van der Waals surface area contributed by atoms with E-state index in [1.54, 1.807) is 12.1 Å². The fraction of sp³-hybridized carbons (Fsp3) is 0.500. The quantitative estimate of drug-likeness (QED) is 0.654. The molecule has 0 radical (unpaired) electrons. The minimum absolute atomic E-state index is 0.238. The van der Waals surface area contributed by atoms with Crippen molar-refractivity contribution in [3.63, 3.8) is 0 Å². The van der Waals surface area contributed by atoms with Crippen molar-refractivity contribution < 1.29 is 9.90 Å². The van der Waals surface area contributed by atoms with E-state index in [2.05, 4.69) is 4.99 Å². The monoisotopic (exact) mass is 265 g/mol. The standard InChI is InChI=1S/C14H16ClNO2/c1-9-7-11(15)12(10(2)13(9)18)14(16-8-17)5-3-4-6-14/h7,18H,3-6H2,1-2H3. The van der Waals surface area contributed by atoms with Gasteiger partial charge in [0.2, 0.25) is 6.08 Å². The summed E-state index contributed by atoms with van der Waals surface area (Å²) in [4.78, 5) is 14.7. The Kier molecular flexibility index (Phi) is 3.47. The normalized spacial score (nSPS) is 17.5. The minimum atomic E-state index is -0.589. The fourth-order valence-electron chi connectivity index (χ4n) is 2.96. The molecular formula is C14H16ClNO2. The lowest BCUT2D eigenvalue weighted by Gasteiger charge is -2.27. The van der Waals surface area contributed by atoms with Gasteiger partial charge in [0.05, 0.1) is 0 Å². The van der Waals surface area contributed by atoms with Crippen LogP contribution >= 0.6 is 11.6 Å². The molecule has 18 heavy (non-hydrogen) atoms. The van der Waals surface area contributed by atoms with E-state index >= 15 is 0 Å². The van der Waals surface area contributed by atoms with E-state index in [0.717, 1.165) is 42.4 Å². The Labute approximate surface area is 111 Å². The van der Waals surface area contributed by atoms with Gasteiger partial charge in [0.25, 0.3) is 0 Å². The van der Waals surface area contributed by atoms with Crippen molar-refractivity contribution in [2.45, 2.75) is 45.1 Å². The highest BCUT2D eigenvalue weighted by molar-refractivity contribution is 6.31. The molecule has 96 valence electrons. The summed E-state index contributed by atoms with van der Waals surface area (Å²) >= 11 is 6.31. The summed E-state index contributed by atoms with van der Waals surface area (Å²) in [5, 5.41) is 10.6. The van der Waals surface area contributed by atoms with E-state index in [4.69, 9.17) is 11.6 Å². The lowest BCUT2D eigenvalue weighted by Crippen LogP contribution is -2.21. The number of nitrogens with zero attached hydrogens (tertiary/aromatic N) is 1. The van der Waals surface area contributed by atoms with Crippen molar-refractivity contribution in [2.75, 3.05) is 0 Å². The van der Waals surface area contributed by atoms with Crippen LogP contribution in [0.5, 0.6) is 5.75 Å². The average molecular weight is 266 g/mol. The Morgan fingerprint density at radius 1 is 1.39 bits per heavy atom. The zero-order chi connectivity index (χ0) is 13.3. The van der Waals surface area contributed by atoms with Crippen LogP contribution in [0.25, 0.3) is 0 Å². The second-order valence-corrected chi connectivity index (χ2v) is 5.37. The number of isocyanates is 1. The number of halogens is 1. The zero-order valence-corrected chi connectivity index (χ0v) is 11.3. The second kappa shape index (κ2) is 4.75. The Morgan fingerprint density at radius 2 is 2.00 bits per heavy atom. The lowest BCUT2D eigenvalue weighted by atomic mass is 9.84. The molecule has 0 amide bonds. The van der Waals surface area contributed by atoms with Gasteiger partial charge in [-0.1, -0.05) is 24.4 Å². The summed E-state index contributed by atoms with van der Waals surface area (Å²) < 4.78 is 0. The summed E-state index contributed by atoms with van der Waals surface area (Å²) in [6, 6.07) is 1.74. The highest BCUT2D eigenvalue weighted by atomic mass is 35.5. The number of rotatable bonds is 2. The number of hydrogen-bond donors (Lipinski definition) is 1. The largest absolute Gasteiger partial charge is 0.507 e. The van der Waals surface area contributed by atoms with Crippen LogP contribution in [0.3, 0.4) is 0 Å². The number of hydrogen-bond acceptors (Lipinski definition) is 3. The number of phenols is 1. The first-order valence-electron chi connectivity index (χ1n) is 6.10. The molecule has 1 aliphatic carbocycles. The summed E-state index contributed by atoms with van der Waals surface area (Å²) in [5.41, 5.74) is 1.66. The maximum absolute atomic E-state index is 10.7. The highest BCUT2D eigenvalue weighted by Gasteiger charge is 2.39. The molecule has 0 aliphatic heterocycles. The molecule has 0 spiro atoms. The van der Waals surface area contributed by atoms with Crippen LogP contribution in [0.4, 0.5) is 0 Å². The third-order valence-electron chi connectivity index (χ3n) is 3.84. The van der Waals surface area contributed by atoms with Crippen LogP contribution in [-0.2, 0) is 10.3 Å². The molecular weight excluding hydrogens is 250 g/mol. The molecule has 4 heteroatoms. The van der Waals surface area contributed by atoms with E-state index in [1.807, 2.05) is 13.8 Å². The van der Waals surface area contributed by atoms with Gasteiger partial charge in [-0.3, -0.25) is 0 Å². The number of benzene rings is 1. The second-order valence-electron chi connectivity index (χ2n) is 4.97. The van der Waals surface area contributed by atoms with Gasteiger partial charge >= 0.3 is 0 Å². The van der Waals surface area contributed by atoms with Crippen molar-refractivity contribution in [1.82, 2.24) is 0 Å². The third kappa shape index (κ3) is 1.94.